The lowest BCUT2D eigenvalue weighted by molar-refractivity contribution is 0.571. The van der Waals surface area contributed by atoms with E-state index in [1.807, 2.05) is 12.1 Å². The summed E-state index contributed by atoms with van der Waals surface area (Å²) in [7, 11) is 0. The van der Waals surface area contributed by atoms with Gasteiger partial charge in [-0.3, -0.25) is 0 Å². The van der Waals surface area contributed by atoms with Crippen LogP contribution in [0.1, 0.15) is 44.7 Å². The third-order valence-electron chi connectivity index (χ3n) is 2.37. The minimum atomic E-state index is -0.0510. The molecule has 0 unspecified atom stereocenters. The predicted molar refractivity (Wildman–Crippen MR) is 59.0 cm³/mol. The monoisotopic (exact) mass is 194 g/mol. The van der Waals surface area contributed by atoms with Crippen molar-refractivity contribution in [1.29, 1.82) is 0 Å². The Kier molecular flexibility index (Phi) is 3.68. The maximum Gasteiger partial charge on any atom is 0.126 e. The van der Waals surface area contributed by atoms with Gasteiger partial charge in [0.25, 0.3) is 0 Å². The molecule has 0 aliphatic rings. The van der Waals surface area contributed by atoms with E-state index >= 15 is 0 Å². The van der Waals surface area contributed by atoms with E-state index in [4.69, 9.17) is 0 Å². The Labute approximate surface area is 86.2 Å². The lowest BCUT2D eigenvalue weighted by Crippen LogP contribution is -1.99. The predicted octanol–water partition coefficient (Wildman–Crippen LogP) is 4.15. The van der Waals surface area contributed by atoms with Crippen molar-refractivity contribution in [3.63, 3.8) is 0 Å². The normalized spacial score (nSPS) is 11.4. The molecule has 0 N–H and O–H groups in total. The van der Waals surface area contributed by atoms with Crippen LogP contribution in [-0.2, 0) is 6.42 Å². The van der Waals surface area contributed by atoms with Crippen LogP contribution in [0.5, 0.6) is 0 Å². The molecule has 0 bridgehead atoms. The van der Waals surface area contributed by atoms with Crippen LogP contribution < -0.4 is 0 Å². The first-order valence-electron chi connectivity index (χ1n) is 5.29. The maximum atomic E-state index is 13.6. The van der Waals surface area contributed by atoms with Crippen molar-refractivity contribution in [3.05, 3.63) is 35.1 Å². The van der Waals surface area contributed by atoms with Gasteiger partial charge in [-0.1, -0.05) is 39.8 Å². The van der Waals surface area contributed by atoms with Crippen LogP contribution >= 0.6 is 0 Å². The third-order valence-corrected chi connectivity index (χ3v) is 2.37. The fourth-order valence-electron chi connectivity index (χ4n) is 1.53. The molecule has 1 heteroatoms. The van der Waals surface area contributed by atoms with Gasteiger partial charge < -0.3 is 0 Å². The second-order valence-corrected chi connectivity index (χ2v) is 4.60. The van der Waals surface area contributed by atoms with Gasteiger partial charge in [-0.2, -0.15) is 0 Å². The van der Waals surface area contributed by atoms with Gasteiger partial charge in [0.05, 0.1) is 0 Å². The zero-order valence-corrected chi connectivity index (χ0v) is 9.47. The van der Waals surface area contributed by atoms with E-state index < -0.39 is 0 Å². The van der Waals surface area contributed by atoms with Crippen LogP contribution in [0.3, 0.4) is 0 Å². The summed E-state index contributed by atoms with van der Waals surface area (Å²) in [5, 5.41) is 0. The highest BCUT2D eigenvalue weighted by atomic mass is 19.1. The van der Waals surface area contributed by atoms with E-state index in [2.05, 4.69) is 27.7 Å². The molecule has 1 aromatic carbocycles. The Morgan fingerprint density at radius 2 is 1.79 bits per heavy atom. The van der Waals surface area contributed by atoms with Gasteiger partial charge in [-0.25, -0.2) is 4.39 Å². The summed E-state index contributed by atoms with van der Waals surface area (Å²) in [6.45, 7) is 8.37. The number of halogens is 1. The molecule has 0 saturated heterocycles. The second kappa shape index (κ2) is 4.59. The number of hydrogen-bond acceptors (Lipinski definition) is 0. The van der Waals surface area contributed by atoms with Gasteiger partial charge in [0.2, 0.25) is 0 Å². The Morgan fingerprint density at radius 1 is 1.14 bits per heavy atom. The Hall–Kier alpha value is -0.850. The van der Waals surface area contributed by atoms with Gasteiger partial charge in [-0.15, -0.1) is 0 Å². The Morgan fingerprint density at radius 3 is 2.21 bits per heavy atom. The van der Waals surface area contributed by atoms with E-state index in [1.54, 1.807) is 6.07 Å². The molecule has 0 nitrogen and oxygen atoms in total. The van der Waals surface area contributed by atoms with Crippen LogP contribution in [0.4, 0.5) is 4.39 Å². The minimum absolute atomic E-state index is 0.0510. The molecule has 0 aliphatic carbocycles. The lowest BCUT2D eigenvalue weighted by atomic mass is 9.97. The second-order valence-electron chi connectivity index (χ2n) is 4.60. The first-order chi connectivity index (χ1) is 6.50. The highest BCUT2D eigenvalue weighted by molar-refractivity contribution is 5.26. The van der Waals surface area contributed by atoms with Crippen molar-refractivity contribution in [2.24, 2.45) is 5.92 Å². The van der Waals surface area contributed by atoms with E-state index in [0.717, 1.165) is 17.5 Å². The summed E-state index contributed by atoms with van der Waals surface area (Å²) in [5.41, 5.74) is 1.92. The van der Waals surface area contributed by atoms with Crippen molar-refractivity contribution >= 4 is 0 Å². The van der Waals surface area contributed by atoms with Crippen molar-refractivity contribution < 1.29 is 4.39 Å². The molecule has 0 fully saturated rings. The van der Waals surface area contributed by atoms with Gasteiger partial charge in [0.15, 0.2) is 0 Å². The Bertz CT molecular complexity index is 300. The molecule has 0 aromatic heterocycles. The average molecular weight is 194 g/mol. The molecule has 1 aromatic rings. The fraction of sp³-hybridized carbons (Fsp3) is 0.538. The SMILES string of the molecule is CC(C)Cc1ccc(C(C)C)cc1F. The standard InChI is InChI=1S/C13H19F/c1-9(2)7-12-6-5-11(10(3)4)8-13(12)14/h5-6,8-10H,7H2,1-4H3. The summed E-state index contributed by atoms with van der Waals surface area (Å²) in [6, 6.07) is 5.62. The van der Waals surface area contributed by atoms with Gasteiger partial charge >= 0.3 is 0 Å². The first-order valence-corrected chi connectivity index (χ1v) is 5.29. The topological polar surface area (TPSA) is 0 Å². The van der Waals surface area contributed by atoms with Crippen molar-refractivity contribution in [2.45, 2.75) is 40.0 Å². The smallest absolute Gasteiger partial charge is 0.126 e. The quantitative estimate of drug-likeness (QED) is 0.678. The van der Waals surface area contributed by atoms with Crippen LogP contribution in [0.2, 0.25) is 0 Å². The number of benzene rings is 1. The molecule has 0 aliphatic heterocycles. The zero-order chi connectivity index (χ0) is 10.7. The lowest BCUT2D eigenvalue weighted by Gasteiger charge is -2.10. The Balaban J connectivity index is 2.90. The highest BCUT2D eigenvalue weighted by Gasteiger charge is 2.07. The van der Waals surface area contributed by atoms with Gasteiger partial charge in [-0.05, 0) is 35.4 Å². The molecular formula is C13H19F. The summed E-state index contributed by atoms with van der Waals surface area (Å²) in [6.07, 6.45) is 0.824. The molecule has 0 radical (unpaired) electrons. The van der Waals surface area contributed by atoms with Crippen molar-refractivity contribution in [3.8, 4) is 0 Å². The molecular weight excluding hydrogens is 175 g/mol. The van der Waals surface area contributed by atoms with E-state index in [1.165, 1.54) is 0 Å². The third kappa shape index (κ3) is 2.83. The number of hydrogen-bond donors (Lipinski definition) is 0. The van der Waals surface area contributed by atoms with Crippen LogP contribution in [0, 0.1) is 11.7 Å². The molecule has 14 heavy (non-hydrogen) atoms. The molecule has 0 saturated carbocycles. The fourth-order valence-corrected chi connectivity index (χ4v) is 1.53. The molecule has 78 valence electrons. The van der Waals surface area contributed by atoms with Crippen molar-refractivity contribution in [1.82, 2.24) is 0 Å². The summed E-state index contributed by atoms with van der Waals surface area (Å²) in [4.78, 5) is 0. The molecule has 0 heterocycles. The molecule has 0 atom stereocenters. The summed E-state index contributed by atoms with van der Waals surface area (Å²) >= 11 is 0. The minimum Gasteiger partial charge on any atom is -0.207 e. The zero-order valence-electron chi connectivity index (χ0n) is 9.47. The highest BCUT2D eigenvalue weighted by Crippen LogP contribution is 2.19. The van der Waals surface area contributed by atoms with Crippen LogP contribution in [0.15, 0.2) is 18.2 Å². The first kappa shape index (κ1) is 11.2. The van der Waals surface area contributed by atoms with Crippen molar-refractivity contribution in [2.75, 3.05) is 0 Å². The van der Waals surface area contributed by atoms with Crippen LogP contribution in [-0.4, -0.2) is 0 Å². The molecule has 0 spiro atoms. The van der Waals surface area contributed by atoms with E-state index in [9.17, 15) is 4.39 Å². The summed E-state index contributed by atoms with van der Waals surface area (Å²) in [5.74, 6) is 0.858. The molecule has 0 amide bonds. The molecule has 1 rings (SSSR count). The van der Waals surface area contributed by atoms with E-state index in [-0.39, 0.29) is 5.82 Å². The average Bonchev–Trinajstić information content (AvgIpc) is 2.07. The number of rotatable bonds is 3. The van der Waals surface area contributed by atoms with E-state index in [0.29, 0.717) is 11.8 Å². The van der Waals surface area contributed by atoms with Gasteiger partial charge in [0.1, 0.15) is 5.82 Å². The van der Waals surface area contributed by atoms with Crippen LogP contribution in [0.25, 0.3) is 0 Å². The maximum absolute atomic E-state index is 13.6. The van der Waals surface area contributed by atoms with Gasteiger partial charge in [0, 0.05) is 0 Å². The summed E-state index contributed by atoms with van der Waals surface area (Å²) < 4.78 is 13.6. The largest absolute Gasteiger partial charge is 0.207 e.